The minimum atomic E-state index is -0.219. The second-order valence-corrected chi connectivity index (χ2v) is 7.19. The van der Waals surface area contributed by atoms with Gasteiger partial charge in [0.1, 0.15) is 5.82 Å². The average Bonchev–Trinajstić information content (AvgIpc) is 2.65. The minimum Gasteiger partial charge on any atom is -0.369 e. The zero-order valence-electron chi connectivity index (χ0n) is 16.9. The van der Waals surface area contributed by atoms with E-state index in [0.29, 0.717) is 6.54 Å². The van der Waals surface area contributed by atoms with Crippen LogP contribution in [0, 0.1) is 11.7 Å². The molecule has 1 saturated heterocycles. The number of amides is 1. The van der Waals surface area contributed by atoms with Gasteiger partial charge in [0.15, 0.2) is 5.96 Å². The van der Waals surface area contributed by atoms with E-state index in [9.17, 15) is 9.18 Å². The standard InChI is InChI=1S/C20H32FN5O.HI/c1-23-20(25(2)15-16-6-5-7-18(21)14-16)24-10-3-4-11-26-12-8-17(9-13-26)19(22)27;/h5-7,14,17H,3-4,8-13,15H2,1-2H3,(H2,22,27)(H,23,24);1H. The normalized spacial score (nSPS) is 15.8. The predicted molar refractivity (Wildman–Crippen MR) is 122 cm³/mol. The van der Waals surface area contributed by atoms with E-state index in [1.54, 1.807) is 19.2 Å². The molecule has 158 valence electrons. The van der Waals surface area contributed by atoms with Gasteiger partial charge in [-0.1, -0.05) is 12.1 Å². The Morgan fingerprint density at radius 3 is 2.68 bits per heavy atom. The number of piperidine rings is 1. The molecule has 28 heavy (non-hydrogen) atoms. The second-order valence-electron chi connectivity index (χ2n) is 7.19. The summed E-state index contributed by atoms with van der Waals surface area (Å²) in [5.74, 6) is 0.484. The van der Waals surface area contributed by atoms with Crippen LogP contribution < -0.4 is 11.1 Å². The number of halogens is 2. The summed E-state index contributed by atoms with van der Waals surface area (Å²) in [6.45, 7) is 4.41. The SMILES string of the molecule is CN=C(NCCCCN1CCC(C(N)=O)CC1)N(C)Cc1cccc(F)c1.I. The number of nitrogens with one attached hydrogen (secondary N) is 1. The molecule has 0 saturated carbocycles. The van der Waals surface area contributed by atoms with Crippen molar-refractivity contribution in [3.63, 3.8) is 0 Å². The van der Waals surface area contributed by atoms with Gasteiger partial charge < -0.3 is 20.9 Å². The zero-order chi connectivity index (χ0) is 19.6. The molecule has 3 N–H and O–H groups in total. The molecule has 0 radical (unpaired) electrons. The highest BCUT2D eigenvalue weighted by atomic mass is 127. The number of guanidine groups is 1. The van der Waals surface area contributed by atoms with Crippen LogP contribution >= 0.6 is 24.0 Å². The first kappa shape index (κ1) is 24.6. The Balaban J connectivity index is 0.00000392. The number of likely N-dealkylation sites (tertiary alicyclic amines) is 1. The van der Waals surface area contributed by atoms with E-state index in [2.05, 4.69) is 15.2 Å². The molecule has 1 fully saturated rings. The van der Waals surface area contributed by atoms with Crippen molar-refractivity contribution in [2.75, 3.05) is 40.3 Å². The molecule has 1 aromatic rings. The summed E-state index contributed by atoms with van der Waals surface area (Å²) < 4.78 is 13.3. The smallest absolute Gasteiger partial charge is 0.220 e. The Morgan fingerprint density at radius 2 is 2.07 bits per heavy atom. The predicted octanol–water partition coefficient (Wildman–Crippen LogP) is 2.43. The Hall–Kier alpha value is -1.42. The molecule has 1 aromatic carbocycles. The third-order valence-electron chi connectivity index (χ3n) is 5.06. The molecule has 1 amide bonds. The van der Waals surface area contributed by atoms with Crippen molar-refractivity contribution in [2.45, 2.75) is 32.2 Å². The van der Waals surface area contributed by atoms with Crippen LogP contribution in [0.4, 0.5) is 4.39 Å². The molecule has 0 aromatic heterocycles. The fraction of sp³-hybridized carbons (Fsp3) is 0.600. The van der Waals surface area contributed by atoms with Gasteiger partial charge in [-0.3, -0.25) is 9.79 Å². The van der Waals surface area contributed by atoms with Gasteiger partial charge in [-0.15, -0.1) is 24.0 Å². The Kier molecular flexibility index (Phi) is 11.4. The molecular weight excluding hydrogens is 472 g/mol. The number of nitrogens with zero attached hydrogens (tertiary/aromatic N) is 3. The molecule has 0 aliphatic carbocycles. The van der Waals surface area contributed by atoms with Gasteiger partial charge in [0.25, 0.3) is 0 Å². The highest BCUT2D eigenvalue weighted by Gasteiger charge is 2.22. The molecule has 1 aliphatic rings. The Labute approximate surface area is 184 Å². The van der Waals surface area contributed by atoms with E-state index in [4.69, 9.17) is 5.73 Å². The van der Waals surface area contributed by atoms with Crippen LogP contribution in [0.5, 0.6) is 0 Å². The van der Waals surface area contributed by atoms with Gasteiger partial charge in [-0.25, -0.2) is 4.39 Å². The number of carbonyl (C=O) groups is 1. The van der Waals surface area contributed by atoms with E-state index >= 15 is 0 Å². The molecule has 8 heteroatoms. The maximum Gasteiger partial charge on any atom is 0.220 e. The van der Waals surface area contributed by atoms with Crippen molar-refractivity contribution in [1.29, 1.82) is 0 Å². The number of nitrogens with two attached hydrogens (primary N) is 1. The van der Waals surface area contributed by atoms with Gasteiger partial charge in [0, 0.05) is 33.1 Å². The summed E-state index contributed by atoms with van der Waals surface area (Å²) in [4.78, 5) is 19.9. The number of aliphatic imine (C=N–C) groups is 1. The van der Waals surface area contributed by atoms with E-state index in [1.165, 1.54) is 6.07 Å². The highest BCUT2D eigenvalue weighted by Crippen LogP contribution is 2.16. The van der Waals surface area contributed by atoms with Crippen LogP contribution in [0.2, 0.25) is 0 Å². The third kappa shape index (κ3) is 8.30. The lowest BCUT2D eigenvalue weighted by molar-refractivity contribution is -0.123. The molecule has 0 spiro atoms. The van der Waals surface area contributed by atoms with Gasteiger partial charge >= 0.3 is 0 Å². The fourth-order valence-electron chi connectivity index (χ4n) is 3.47. The first-order chi connectivity index (χ1) is 13.0. The average molecular weight is 505 g/mol. The van der Waals surface area contributed by atoms with Crippen molar-refractivity contribution in [1.82, 2.24) is 15.1 Å². The summed E-state index contributed by atoms with van der Waals surface area (Å²) in [6.07, 6.45) is 3.90. The number of rotatable bonds is 8. The number of benzene rings is 1. The van der Waals surface area contributed by atoms with E-state index in [-0.39, 0.29) is 41.6 Å². The second kappa shape index (κ2) is 12.9. The molecule has 0 atom stereocenters. The number of hydrogen-bond acceptors (Lipinski definition) is 3. The minimum absolute atomic E-state index is 0. The van der Waals surface area contributed by atoms with E-state index in [0.717, 1.165) is 63.4 Å². The van der Waals surface area contributed by atoms with Crippen LogP contribution in [0.25, 0.3) is 0 Å². The van der Waals surface area contributed by atoms with Crippen molar-refractivity contribution in [3.05, 3.63) is 35.6 Å². The quantitative estimate of drug-likeness (QED) is 0.247. The summed E-state index contributed by atoms with van der Waals surface area (Å²) in [5.41, 5.74) is 6.29. The highest BCUT2D eigenvalue weighted by molar-refractivity contribution is 14.0. The number of carbonyl (C=O) groups excluding carboxylic acids is 1. The first-order valence-corrected chi connectivity index (χ1v) is 9.67. The summed E-state index contributed by atoms with van der Waals surface area (Å²) in [7, 11) is 3.70. The van der Waals surface area contributed by atoms with Crippen molar-refractivity contribution in [3.8, 4) is 0 Å². The molecule has 6 nitrogen and oxygen atoms in total. The van der Waals surface area contributed by atoms with Crippen molar-refractivity contribution < 1.29 is 9.18 Å². The van der Waals surface area contributed by atoms with Crippen LogP contribution in [0.1, 0.15) is 31.2 Å². The topological polar surface area (TPSA) is 74.0 Å². The lowest BCUT2D eigenvalue weighted by Gasteiger charge is -2.30. The lowest BCUT2D eigenvalue weighted by atomic mass is 9.96. The molecule has 1 aliphatic heterocycles. The fourth-order valence-corrected chi connectivity index (χ4v) is 3.47. The zero-order valence-corrected chi connectivity index (χ0v) is 19.2. The van der Waals surface area contributed by atoms with E-state index in [1.807, 2.05) is 18.0 Å². The van der Waals surface area contributed by atoms with Gasteiger partial charge in [-0.05, 0) is 63.0 Å². The summed E-state index contributed by atoms with van der Waals surface area (Å²) in [5, 5.41) is 3.37. The molecule has 0 unspecified atom stereocenters. The lowest BCUT2D eigenvalue weighted by Crippen LogP contribution is -2.40. The third-order valence-corrected chi connectivity index (χ3v) is 5.06. The Morgan fingerprint density at radius 1 is 1.36 bits per heavy atom. The number of unbranched alkanes of at least 4 members (excludes halogenated alkanes) is 1. The first-order valence-electron chi connectivity index (χ1n) is 9.67. The van der Waals surface area contributed by atoms with E-state index < -0.39 is 0 Å². The van der Waals surface area contributed by atoms with Crippen LogP contribution in [-0.4, -0.2) is 61.9 Å². The maximum absolute atomic E-state index is 13.3. The summed E-state index contributed by atoms with van der Waals surface area (Å²) >= 11 is 0. The van der Waals surface area contributed by atoms with Gasteiger partial charge in [-0.2, -0.15) is 0 Å². The van der Waals surface area contributed by atoms with Crippen molar-refractivity contribution >= 4 is 35.8 Å². The van der Waals surface area contributed by atoms with Crippen LogP contribution in [-0.2, 0) is 11.3 Å². The molecule has 0 bridgehead atoms. The van der Waals surface area contributed by atoms with Crippen molar-refractivity contribution in [2.24, 2.45) is 16.6 Å². The molecule has 1 heterocycles. The van der Waals surface area contributed by atoms with Gasteiger partial charge in [0.2, 0.25) is 5.91 Å². The number of primary amides is 1. The van der Waals surface area contributed by atoms with Crippen LogP contribution in [0.15, 0.2) is 29.3 Å². The maximum atomic E-state index is 13.3. The molecule has 2 rings (SSSR count). The summed E-state index contributed by atoms with van der Waals surface area (Å²) in [6, 6.07) is 6.63. The number of hydrogen-bond donors (Lipinski definition) is 2. The van der Waals surface area contributed by atoms with Gasteiger partial charge in [0.05, 0.1) is 0 Å². The van der Waals surface area contributed by atoms with Crippen LogP contribution in [0.3, 0.4) is 0 Å². The monoisotopic (exact) mass is 505 g/mol. The molecular formula is C20H33FIN5O. The Bertz CT molecular complexity index is 635. The largest absolute Gasteiger partial charge is 0.369 e.